The number of hydrogen-bond donors (Lipinski definition) is 1. The fourth-order valence-corrected chi connectivity index (χ4v) is 2.91. The predicted octanol–water partition coefficient (Wildman–Crippen LogP) is 1.87. The Morgan fingerprint density at radius 2 is 2.15 bits per heavy atom. The van der Waals surface area contributed by atoms with Crippen LogP contribution in [-0.4, -0.2) is 31.2 Å². The Kier molecular flexibility index (Phi) is 4.28. The Morgan fingerprint density at radius 1 is 1.45 bits per heavy atom. The van der Waals surface area contributed by atoms with Gasteiger partial charge < -0.3 is 15.4 Å². The summed E-state index contributed by atoms with van der Waals surface area (Å²) in [5, 5.41) is 0. The third-order valence-corrected chi connectivity index (χ3v) is 4.10. The van der Waals surface area contributed by atoms with Crippen molar-refractivity contribution < 1.29 is 9.53 Å². The molecule has 0 saturated carbocycles. The quantitative estimate of drug-likeness (QED) is 0.681. The number of methoxy groups -OCH3 is 1. The van der Waals surface area contributed by atoms with Gasteiger partial charge in [-0.05, 0) is 30.5 Å². The molecular formula is C15H20N2O2S. The fraction of sp³-hybridized carbons (Fsp3) is 0.467. The van der Waals surface area contributed by atoms with Crippen LogP contribution in [0.4, 0.5) is 5.69 Å². The Balaban J connectivity index is 2.31. The molecule has 20 heavy (non-hydrogen) atoms. The summed E-state index contributed by atoms with van der Waals surface area (Å²) in [5.41, 5.74) is 8.82. The van der Waals surface area contributed by atoms with Crippen LogP contribution in [-0.2, 0) is 9.53 Å². The molecule has 1 aromatic rings. The first kappa shape index (κ1) is 14.8. The van der Waals surface area contributed by atoms with Gasteiger partial charge in [-0.25, -0.2) is 0 Å². The maximum atomic E-state index is 11.8. The summed E-state index contributed by atoms with van der Waals surface area (Å²) in [7, 11) is 1.44. The average molecular weight is 292 g/mol. The Hall–Kier alpha value is -1.62. The van der Waals surface area contributed by atoms with Crippen LogP contribution in [0.15, 0.2) is 18.2 Å². The van der Waals surface area contributed by atoms with Crippen molar-refractivity contribution in [3.63, 3.8) is 0 Å². The molecule has 0 aromatic heterocycles. The second kappa shape index (κ2) is 5.79. The lowest BCUT2D eigenvalue weighted by Crippen LogP contribution is -2.26. The van der Waals surface area contributed by atoms with E-state index in [-0.39, 0.29) is 17.8 Å². The van der Waals surface area contributed by atoms with E-state index in [4.69, 9.17) is 22.7 Å². The van der Waals surface area contributed by atoms with Gasteiger partial charge in [0.15, 0.2) is 0 Å². The Labute approximate surface area is 124 Å². The smallest absolute Gasteiger partial charge is 0.310 e. The van der Waals surface area contributed by atoms with E-state index in [9.17, 15) is 4.79 Å². The molecule has 2 unspecified atom stereocenters. The summed E-state index contributed by atoms with van der Waals surface area (Å²) in [4.78, 5) is 14.3. The first-order valence-electron chi connectivity index (χ1n) is 6.67. The van der Waals surface area contributed by atoms with Crippen molar-refractivity contribution in [2.45, 2.75) is 13.8 Å². The topological polar surface area (TPSA) is 55.6 Å². The molecule has 0 radical (unpaired) electrons. The zero-order chi connectivity index (χ0) is 14.9. The van der Waals surface area contributed by atoms with E-state index >= 15 is 0 Å². The highest BCUT2D eigenvalue weighted by Crippen LogP contribution is 2.31. The minimum absolute atomic E-state index is 0.0975. The van der Waals surface area contributed by atoms with E-state index in [2.05, 4.69) is 17.9 Å². The van der Waals surface area contributed by atoms with E-state index in [1.54, 1.807) is 0 Å². The van der Waals surface area contributed by atoms with Crippen molar-refractivity contribution in [3.8, 4) is 0 Å². The van der Waals surface area contributed by atoms with E-state index in [0.29, 0.717) is 11.5 Å². The van der Waals surface area contributed by atoms with Crippen LogP contribution in [0.5, 0.6) is 0 Å². The molecule has 1 aliphatic rings. The van der Waals surface area contributed by atoms with Gasteiger partial charge in [-0.1, -0.05) is 25.2 Å². The van der Waals surface area contributed by atoms with Gasteiger partial charge in [0.1, 0.15) is 4.99 Å². The highest BCUT2D eigenvalue weighted by molar-refractivity contribution is 7.80. The highest BCUT2D eigenvalue weighted by atomic mass is 32.1. The summed E-state index contributed by atoms with van der Waals surface area (Å²) < 4.78 is 4.87. The molecule has 1 aromatic carbocycles. The second-order valence-corrected chi connectivity index (χ2v) is 5.84. The molecule has 0 amide bonds. The van der Waals surface area contributed by atoms with E-state index in [1.807, 2.05) is 19.1 Å². The van der Waals surface area contributed by atoms with Crippen molar-refractivity contribution in [1.29, 1.82) is 0 Å². The number of rotatable bonds is 3. The summed E-state index contributed by atoms with van der Waals surface area (Å²) in [6, 6.07) is 6.01. The van der Waals surface area contributed by atoms with Crippen LogP contribution < -0.4 is 10.6 Å². The standard InChI is InChI=1S/C15H20N2O2S/c1-9-4-5-11(14(16)20)13(6-9)17-7-10(2)12(8-17)15(18)19-3/h4-6,10,12H,7-8H2,1-3H3,(H2,16,20). The zero-order valence-electron chi connectivity index (χ0n) is 12.1. The number of nitrogens with zero attached hydrogens (tertiary/aromatic N) is 1. The lowest BCUT2D eigenvalue weighted by molar-refractivity contribution is -0.145. The number of carbonyl (C=O) groups excluding carboxylic acids is 1. The van der Waals surface area contributed by atoms with Gasteiger partial charge in [-0.3, -0.25) is 4.79 Å². The molecule has 108 valence electrons. The molecule has 5 heteroatoms. The molecule has 2 rings (SSSR count). The molecular weight excluding hydrogens is 272 g/mol. The van der Waals surface area contributed by atoms with Gasteiger partial charge in [0.05, 0.1) is 13.0 Å². The van der Waals surface area contributed by atoms with E-state index < -0.39 is 0 Å². The van der Waals surface area contributed by atoms with Crippen molar-refractivity contribution in [3.05, 3.63) is 29.3 Å². The van der Waals surface area contributed by atoms with Crippen LogP contribution in [0.2, 0.25) is 0 Å². The lowest BCUT2D eigenvalue weighted by atomic mass is 9.99. The van der Waals surface area contributed by atoms with E-state index in [1.165, 1.54) is 7.11 Å². The summed E-state index contributed by atoms with van der Waals surface area (Å²) in [5.74, 6) is 0.00592. The number of esters is 1. The summed E-state index contributed by atoms with van der Waals surface area (Å²) in [6.45, 7) is 5.55. The number of anilines is 1. The lowest BCUT2D eigenvalue weighted by Gasteiger charge is -2.22. The Morgan fingerprint density at radius 3 is 2.75 bits per heavy atom. The van der Waals surface area contributed by atoms with Crippen LogP contribution in [0.3, 0.4) is 0 Å². The monoisotopic (exact) mass is 292 g/mol. The number of thiocarbonyl (C=S) groups is 1. The molecule has 0 bridgehead atoms. The third kappa shape index (κ3) is 2.77. The molecule has 2 N–H and O–H groups in total. The fourth-order valence-electron chi connectivity index (χ4n) is 2.73. The molecule has 0 spiro atoms. The van der Waals surface area contributed by atoms with Gasteiger partial charge in [0, 0.05) is 24.3 Å². The van der Waals surface area contributed by atoms with Crippen molar-refractivity contribution in [1.82, 2.24) is 0 Å². The molecule has 4 nitrogen and oxygen atoms in total. The first-order valence-corrected chi connectivity index (χ1v) is 7.08. The minimum Gasteiger partial charge on any atom is -0.469 e. The predicted molar refractivity (Wildman–Crippen MR) is 83.9 cm³/mol. The average Bonchev–Trinajstić information content (AvgIpc) is 2.79. The van der Waals surface area contributed by atoms with Gasteiger partial charge in [0.2, 0.25) is 0 Å². The summed E-state index contributed by atoms with van der Waals surface area (Å²) in [6.07, 6.45) is 0. The van der Waals surface area contributed by atoms with Crippen molar-refractivity contribution >= 4 is 28.9 Å². The normalized spacial score (nSPS) is 21.9. The SMILES string of the molecule is COC(=O)C1CN(c2cc(C)ccc2C(N)=S)CC1C. The first-order chi connectivity index (χ1) is 9.43. The largest absolute Gasteiger partial charge is 0.469 e. The molecule has 2 atom stereocenters. The number of aryl methyl sites for hydroxylation is 1. The number of carbonyl (C=O) groups is 1. The third-order valence-electron chi connectivity index (χ3n) is 3.88. The number of benzene rings is 1. The number of hydrogen-bond acceptors (Lipinski definition) is 4. The van der Waals surface area contributed by atoms with E-state index in [0.717, 1.165) is 23.4 Å². The minimum atomic E-state index is -0.149. The highest BCUT2D eigenvalue weighted by Gasteiger charge is 2.36. The van der Waals surface area contributed by atoms with Crippen LogP contribution in [0.25, 0.3) is 0 Å². The van der Waals surface area contributed by atoms with Gasteiger partial charge in [0.25, 0.3) is 0 Å². The molecule has 1 heterocycles. The molecule has 1 saturated heterocycles. The second-order valence-electron chi connectivity index (χ2n) is 5.40. The molecule has 1 aliphatic heterocycles. The molecule has 1 fully saturated rings. The maximum Gasteiger partial charge on any atom is 0.310 e. The van der Waals surface area contributed by atoms with Crippen molar-refractivity contribution in [2.24, 2.45) is 17.6 Å². The molecule has 0 aliphatic carbocycles. The maximum absolute atomic E-state index is 11.8. The van der Waals surface area contributed by atoms with Crippen LogP contribution in [0.1, 0.15) is 18.1 Å². The van der Waals surface area contributed by atoms with Gasteiger partial charge in [-0.2, -0.15) is 0 Å². The van der Waals surface area contributed by atoms with Crippen LogP contribution in [0, 0.1) is 18.8 Å². The zero-order valence-corrected chi connectivity index (χ0v) is 12.9. The van der Waals surface area contributed by atoms with Crippen molar-refractivity contribution in [2.75, 3.05) is 25.1 Å². The van der Waals surface area contributed by atoms with Gasteiger partial charge in [-0.15, -0.1) is 0 Å². The number of nitrogens with two attached hydrogens (primary N) is 1. The summed E-state index contributed by atoms with van der Waals surface area (Å²) >= 11 is 5.12. The van der Waals surface area contributed by atoms with Crippen LogP contribution >= 0.6 is 12.2 Å². The Bertz CT molecular complexity index is 545. The van der Waals surface area contributed by atoms with Gasteiger partial charge >= 0.3 is 5.97 Å². The number of ether oxygens (including phenoxy) is 1.